The number of benzene rings is 2. The summed E-state index contributed by atoms with van der Waals surface area (Å²) in [5.41, 5.74) is 4.16. The summed E-state index contributed by atoms with van der Waals surface area (Å²) in [7, 11) is 0. The number of halogens is 1. The fraction of sp³-hybridized carbons (Fsp3) is 0.348. The number of piperidine rings is 1. The van der Waals surface area contributed by atoms with Gasteiger partial charge in [-0.05, 0) is 74.1 Å². The maximum absolute atomic E-state index is 6.06. The first-order valence-electron chi connectivity index (χ1n) is 10.2. The summed E-state index contributed by atoms with van der Waals surface area (Å²) in [6.07, 6.45) is 6.42. The molecule has 2 aromatic carbocycles. The Balaban J connectivity index is 1.44. The summed E-state index contributed by atoms with van der Waals surface area (Å²) < 4.78 is 10.5. The molecule has 0 saturated carbocycles. The highest BCUT2D eigenvalue weighted by Gasteiger charge is 2.12. The number of aromatic nitrogens is 2. The van der Waals surface area contributed by atoms with Gasteiger partial charge >= 0.3 is 0 Å². The van der Waals surface area contributed by atoms with E-state index in [4.69, 9.17) is 21.3 Å². The highest BCUT2D eigenvalue weighted by molar-refractivity contribution is 7.07. The molecule has 7 heteroatoms. The molecule has 1 saturated heterocycles. The molecule has 0 spiro atoms. The van der Waals surface area contributed by atoms with E-state index >= 15 is 0 Å². The average molecular weight is 441 g/mol. The first-order chi connectivity index (χ1) is 14.6. The van der Waals surface area contributed by atoms with Crippen molar-refractivity contribution >= 4 is 35.2 Å². The molecule has 1 aliphatic heterocycles. The van der Waals surface area contributed by atoms with Crippen LogP contribution in [0.15, 0.2) is 41.4 Å². The van der Waals surface area contributed by atoms with Gasteiger partial charge in [0, 0.05) is 36.1 Å². The van der Waals surface area contributed by atoms with E-state index in [1.54, 1.807) is 0 Å². The monoisotopic (exact) mass is 440 g/mol. The highest BCUT2D eigenvalue weighted by Crippen LogP contribution is 2.32. The molecule has 30 heavy (non-hydrogen) atoms. The zero-order chi connectivity index (χ0) is 20.9. The van der Waals surface area contributed by atoms with Crippen molar-refractivity contribution in [1.82, 2.24) is 14.3 Å². The minimum atomic E-state index is 0.541. The quantitative estimate of drug-likeness (QED) is 0.331. The second kappa shape index (κ2) is 9.58. The van der Waals surface area contributed by atoms with Gasteiger partial charge in [0.15, 0.2) is 5.82 Å². The van der Waals surface area contributed by atoms with Gasteiger partial charge in [-0.15, -0.1) is 0 Å². The van der Waals surface area contributed by atoms with Crippen molar-refractivity contribution in [1.29, 1.82) is 0 Å². The first kappa shape index (κ1) is 20.8. The fourth-order valence-electron chi connectivity index (χ4n) is 3.48. The van der Waals surface area contributed by atoms with E-state index in [9.17, 15) is 0 Å². The second-order valence-corrected chi connectivity index (χ2v) is 8.78. The molecule has 1 fully saturated rings. The van der Waals surface area contributed by atoms with Crippen LogP contribution in [-0.2, 0) is 6.42 Å². The molecular formula is C23H25ClN4OS. The van der Waals surface area contributed by atoms with Crippen LogP contribution in [0.25, 0.3) is 0 Å². The molecule has 5 nitrogen and oxygen atoms in total. The molecule has 0 amide bonds. The molecule has 0 unspecified atom stereocenters. The van der Waals surface area contributed by atoms with E-state index in [-0.39, 0.29) is 0 Å². The number of likely N-dealkylation sites (tertiary alicyclic amines) is 1. The Hall–Kier alpha value is -2.44. The Kier molecular flexibility index (Phi) is 6.65. The Morgan fingerprint density at radius 3 is 2.77 bits per heavy atom. The Morgan fingerprint density at radius 2 is 1.97 bits per heavy atom. The number of hydrogen-bond donors (Lipinski definition) is 0. The van der Waals surface area contributed by atoms with Crippen LogP contribution < -0.4 is 4.74 Å². The normalized spacial score (nSPS) is 14.4. The summed E-state index contributed by atoms with van der Waals surface area (Å²) in [6.45, 7) is 6.27. The van der Waals surface area contributed by atoms with Gasteiger partial charge in [-0.3, -0.25) is 0 Å². The number of aryl methyl sites for hydroxylation is 2. The standard InChI is InChI=1S/C23H25ClN4OS/c1-16-12-21(17(2)11-20(16)25-15-28-9-4-3-5-10-28)29-23-26-22(27-30-23)14-18-7-6-8-19(24)13-18/h6-8,11-13,15H,3-5,9-10,14H2,1-2H3/b25-15-. The van der Waals surface area contributed by atoms with Crippen LogP contribution in [0, 0.1) is 13.8 Å². The minimum Gasteiger partial charge on any atom is -0.430 e. The molecule has 3 aromatic rings. The number of rotatable bonds is 6. The smallest absolute Gasteiger partial charge is 0.298 e. The molecule has 1 aromatic heterocycles. The lowest BCUT2D eigenvalue weighted by Crippen LogP contribution is -2.28. The second-order valence-electron chi connectivity index (χ2n) is 7.63. The van der Waals surface area contributed by atoms with Crippen molar-refractivity contribution in [3.05, 3.63) is 63.9 Å². The number of hydrogen-bond acceptors (Lipinski definition) is 5. The lowest BCUT2D eigenvalue weighted by molar-refractivity contribution is 0.351. The summed E-state index contributed by atoms with van der Waals surface area (Å²) in [6, 6.07) is 11.8. The maximum Gasteiger partial charge on any atom is 0.298 e. The molecule has 156 valence electrons. The SMILES string of the molecule is Cc1cc(Oc2nc(Cc3cccc(Cl)c3)ns2)c(C)cc1/N=C\N1CCCCC1. The van der Waals surface area contributed by atoms with Gasteiger partial charge in [-0.2, -0.15) is 9.36 Å². The number of nitrogens with zero attached hydrogens (tertiary/aromatic N) is 4. The number of ether oxygens (including phenoxy) is 1. The molecule has 4 rings (SSSR count). The van der Waals surface area contributed by atoms with Crippen LogP contribution in [0.2, 0.25) is 5.02 Å². The zero-order valence-electron chi connectivity index (χ0n) is 17.3. The third kappa shape index (κ3) is 5.37. The van der Waals surface area contributed by atoms with E-state index in [1.165, 1.54) is 30.8 Å². The molecule has 0 bridgehead atoms. The van der Waals surface area contributed by atoms with Crippen LogP contribution in [-0.4, -0.2) is 33.7 Å². The summed E-state index contributed by atoms with van der Waals surface area (Å²) in [4.78, 5) is 11.5. The molecule has 1 aliphatic rings. The van der Waals surface area contributed by atoms with Gasteiger partial charge < -0.3 is 9.64 Å². The third-order valence-electron chi connectivity index (χ3n) is 5.14. The molecule has 0 radical (unpaired) electrons. The predicted molar refractivity (Wildman–Crippen MR) is 124 cm³/mol. The van der Waals surface area contributed by atoms with Gasteiger partial charge in [0.2, 0.25) is 0 Å². The van der Waals surface area contributed by atoms with E-state index in [0.29, 0.717) is 16.6 Å². The van der Waals surface area contributed by atoms with Crippen LogP contribution in [0.1, 0.15) is 41.8 Å². The summed E-state index contributed by atoms with van der Waals surface area (Å²) >= 11 is 7.32. The lowest BCUT2D eigenvalue weighted by atomic mass is 10.1. The highest BCUT2D eigenvalue weighted by atomic mass is 35.5. The van der Waals surface area contributed by atoms with Gasteiger partial charge in [-0.25, -0.2) is 4.99 Å². The van der Waals surface area contributed by atoms with E-state index < -0.39 is 0 Å². The predicted octanol–water partition coefficient (Wildman–Crippen LogP) is 6.34. The van der Waals surface area contributed by atoms with E-state index in [1.807, 2.05) is 43.6 Å². The average Bonchev–Trinajstić information content (AvgIpc) is 3.17. The number of aliphatic imine (C=N–C) groups is 1. The molecular weight excluding hydrogens is 416 g/mol. The minimum absolute atomic E-state index is 0.541. The molecule has 2 heterocycles. The van der Waals surface area contributed by atoms with Crippen LogP contribution >= 0.6 is 23.1 Å². The first-order valence-corrected chi connectivity index (χ1v) is 11.4. The van der Waals surface area contributed by atoms with E-state index in [0.717, 1.165) is 47.0 Å². The van der Waals surface area contributed by atoms with Gasteiger partial charge in [-0.1, -0.05) is 23.7 Å². The van der Waals surface area contributed by atoms with Crippen molar-refractivity contribution in [3.63, 3.8) is 0 Å². The van der Waals surface area contributed by atoms with Crippen LogP contribution in [0.5, 0.6) is 10.9 Å². The van der Waals surface area contributed by atoms with Crippen molar-refractivity contribution in [2.45, 2.75) is 39.5 Å². The topological polar surface area (TPSA) is 50.6 Å². The molecule has 0 aliphatic carbocycles. The van der Waals surface area contributed by atoms with Crippen molar-refractivity contribution < 1.29 is 4.74 Å². The Labute approximate surface area is 186 Å². The van der Waals surface area contributed by atoms with Gasteiger partial charge in [0.1, 0.15) is 5.75 Å². The van der Waals surface area contributed by atoms with Crippen molar-refractivity contribution in [2.75, 3.05) is 13.1 Å². The third-order valence-corrected chi connectivity index (χ3v) is 6.01. The Bertz CT molecular complexity index is 1040. The zero-order valence-corrected chi connectivity index (χ0v) is 18.8. The van der Waals surface area contributed by atoms with E-state index in [2.05, 4.69) is 27.2 Å². The van der Waals surface area contributed by atoms with Crippen LogP contribution in [0.4, 0.5) is 5.69 Å². The maximum atomic E-state index is 6.06. The van der Waals surface area contributed by atoms with Crippen molar-refractivity contribution in [3.8, 4) is 10.9 Å². The fourth-order valence-corrected chi connectivity index (χ4v) is 4.25. The van der Waals surface area contributed by atoms with Crippen LogP contribution in [0.3, 0.4) is 0 Å². The summed E-state index contributed by atoms with van der Waals surface area (Å²) in [5, 5.41) is 1.26. The molecule has 0 N–H and O–H groups in total. The van der Waals surface area contributed by atoms with Gasteiger partial charge in [0.05, 0.1) is 12.0 Å². The molecule has 0 atom stereocenters. The van der Waals surface area contributed by atoms with Crippen molar-refractivity contribution in [2.24, 2.45) is 4.99 Å². The largest absolute Gasteiger partial charge is 0.430 e. The summed E-state index contributed by atoms with van der Waals surface area (Å²) in [5.74, 6) is 1.52. The lowest BCUT2D eigenvalue weighted by Gasteiger charge is -2.23. The Morgan fingerprint density at radius 1 is 1.13 bits per heavy atom. The van der Waals surface area contributed by atoms with Gasteiger partial charge in [0.25, 0.3) is 5.19 Å².